The summed E-state index contributed by atoms with van der Waals surface area (Å²) in [5.41, 5.74) is 4.21. The van der Waals surface area contributed by atoms with Crippen LogP contribution in [0.3, 0.4) is 0 Å². The fourth-order valence-electron chi connectivity index (χ4n) is 3.74. The first-order valence-electron chi connectivity index (χ1n) is 10.5. The lowest BCUT2D eigenvalue weighted by atomic mass is 10.0. The molecule has 4 rings (SSSR count). The SMILES string of the molecule is CCOc1cc(/C=C2\C(=O)N(CC)c3ccccc32)cc(Cl)c1OCc1ccc(Cl)cc1. The molecule has 1 aliphatic rings. The van der Waals surface area contributed by atoms with Gasteiger partial charge in [-0.3, -0.25) is 4.79 Å². The standard InChI is InChI=1S/C26H23Cl2NO3/c1-3-29-23-8-6-5-7-20(23)21(26(29)30)13-18-14-22(28)25(24(15-18)31-4-2)32-16-17-9-11-19(27)12-10-17/h5-15H,3-4,16H2,1-2H3/b21-13-. The third-order valence-corrected chi connectivity index (χ3v) is 5.75. The van der Waals surface area contributed by atoms with Crippen LogP contribution >= 0.6 is 23.2 Å². The second-order valence-electron chi connectivity index (χ2n) is 7.30. The van der Waals surface area contributed by atoms with Crippen LogP contribution in [0.15, 0.2) is 60.7 Å². The highest BCUT2D eigenvalue weighted by atomic mass is 35.5. The minimum absolute atomic E-state index is 0.0224. The van der Waals surface area contributed by atoms with E-state index in [1.54, 1.807) is 11.0 Å². The Morgan fingerprint density at radius 3 is 2.44 bits per heavy atom. The molecule has 32 heavy (non-hydrogen) atoms. The second kappa shape index (κ2) is 9.68. The molecule has 0 atom stereocenters. The van der Waals surface area contributed by atoms with Gasteiger partial charge in [0.05, 0.1) is 17.3 Å². The predicted molar refractivity (Wildman–Crippen MR) is 131 cm³/mol. The number of para-hydroxylation sites is 1. The van der Waals surface area contributed by atoms with E-state index in [-0.39, 0.29) is 5.91 Å². The van der Waals surface area contributed by atoms with Crippen molar-refractivity contribution in [2.24, 2.45) is 0 Å². The summed E-state index contributed by atoms with van der Waals surface area (Å²) in [5.74, 6) is 0.983. The van der Waals surface area contributed by atoms with Gasteiger partial charge in [-0.25, -0.2) is 0 Å². The Labute approximate surface area is 198 Å². The molecular formula is C26H23Cl2NO3. The Hall–Kier alpha value is -2.95. The van der Waals surface area contributed by atoms with Crippen molar-refractivity contribution in [3.63, 3.8) is 0 Å². The van der Waals surface area contributed by atoms with E-state index in [4.69, 9.17) is 32.7 Å². The molecular weight excluding hydrogens is 445 g/mol. The van der Waals surface area contributed by atoms with Crippen molar-refractivity contribution in [3.8, 4) is 11.5 Å². The van der Waals surface area contributed by atoms with Crippen molar-refractivity contribution in [3.05, 3.63) is 87.4 Å². The Morgan fingerprint density at radius 1 is 0.969 bits per heavy atom. The Bertz CT molecular complexity index is 1170. The average molecular weight is 468 g/mol. The number of amides is 1. The molecule has 4 nitrogen and oxygen atoms in total. The number of carbonyl (C=O) groups is 1. The number of nitrogens with zero attached hydrogens (tertiary/aromatic N) is 1. The van der Waals surface area contributed by atoms with Gasteiger partial charge in [-0.2, -0.15) is 0 Å². The number of ether oxygens (including phenoxy) is 2. The van der Waals surface area contributed by atoms with Gasteiger partial charge in [0, 0.05) is 22.7 Å². The number of halogens is 2. The van der Waals surface area contributed by atoms with E-state index in [2.05, 4.69) is 0 Å². The third-order valence-electron chi connectivity index (χ3n) is 5.22. The number of anilines is 1. The molecule has 0 N–H and O–H groups in total. The molecule has 164 valence electrons. The summed E-state index contributed by atoms with van der Waals surface area (Å²) in [7, 11) is 0. The largest absolute Gasteiger partial charge is 0.490 e. The van der Waals surface area contributed by atoms with Crippen molar-refractivity contribution in [2.45, 2.75) is 20.5 Å². The van der Waals surface area contributed by atoms with E-state index >= 15 is 0 Å². The summed E-state index contributed by atoms with van der Waals surface area (Å²) in [5, 5.41) is 1.09. The zero-order chi connectivity index (χ0) is 22.7. The summed E-state index contributed by atoms with van der Waals surface area (Å²) in [6.45, 7) is 5.26. The number of carbonyl (C=O) groups excluding carboxylic acids is 1. The summed E-state index contributed by atoms with van der Waals surface area (Å²) in [6.07, 6.45) is 1.86. The van der Waals surface area contributed by atoms with Gasteiger partial charge in [-0.15, -0.1) is 0 Å². The highest BCUT2D eigenvalue weighted by molar-refractivity contribution is 6.36. The van der Waals surface area contributed by atoms with Gasteiger partial charge < -0.3 is 14.4 Å². The predicted octanol–water partition coefficient (Wildman–Crippen LogP) is 6.88. The summed E-state index contributed by atoms with van der Waals surface area (Å²) >= 11 is 12.5. The Morgan fingerprint density at radius 2 is 1.72 bits per heavy atom. The number of rotatable bonds is 7. The normalized spacial score (nSPS) is 14.1. The Balaban J connectivity index is 1.67. The van der Waals surface area contributed by atoms with Crippen LogP contribution in [0.25, 0.3) is 11.6 Å². The van der Waals surface area contributed by atoms with Crippen molar-refractivity contribution >= 4 is 46.4 Å². The molecule has 3 aromatic carbocycles. The maximum absolute atomic E-state index is 13.0. The topological polar surface area (TPSA) is 38.8 Å². The lowest BCUT2D eigenvalue weighted by Gasteiger charge is -2.15. The van der Waals surface area contributed by atoms with E-state index in [1.165, 1.54) is 0 Å². The van der Waals surface area contributed by atoms with E-state index in [9.17, 15) is 4.79 Å². The molecule has 1 heterocycles. The lowest BCUT2D eigenvalue weighted by Crippen LogP contribution is -2.25. The number of hydrogen-bond donors (Lipinski definition) is 0. The molecule has 1 aliphatic heterocycles. The highest BCUT2D eigenvalue weighted by Crippen LogP contribution is 2.41. The van der Waals surface area contributed by atoms with Gasteiger partial charge in [0.2, 0.25) is 0 Å². The van der Waals surface area contributed by atoms with Crippen LogP contribution in [0.2, 0.25) is 10.0 Å². The van der Waals surface area contributed by atoms with Gasteiger partial charge in [0.25, 0.3) is 5.91 Å². The first-order valence-corrected chi connectivity index (χ1v) is 11.2. The zero-order valence-corrected chi connectivity index (χ0v) is 19.4. The van der Waals surface area contributed by atoms with Gasteiger partial charge in [-0.1, -0.05) is 53.5 Å². The van der Waals surface area contributed by atoms with E-state index in [0.717, 1.165) is 22.4 Å². The molecule has 0 aliphatic carbocycles. The maximum Gasteiger partial charge on any atom is 0.258 e. The number of fused-ring (bicyclic) bond motifs is 1. The molecule has 0 radical (unpaired) electrons. The minimum Gasteiger partial charge on any atom is -0.490 e. The lowest BCUT2D eigenvalue weighted by molar-refractivity contribution is -0.112. The van der Waals surface area contributed by atoms with E-state index in [0.29, 0.717) is 46.9 Å². The number of hydrogen-bond acceptors (Lipinski definition) is 3. The zero-order valence-electron chi connectivity index (χ0n) is 17.9. The van der Waals surface area contributed by atoms with Crippen LogP contribution in [0, 0.1) is 0 Å². The monoisotopic (exact) mass is 467 g/mol. The first-order chi connectivity index (χ1) is 15.5. The molecule has 0 aromatic heterocycles. The average Bonchev–Trinajstić information content (AvgIpc) is 3.05. The molecule has 1 amide bonds. The molecule has 0 spiro atoms. The van der Waals surface area contributed by atoms with Gasteiger partial charge in [0.1, 0.15) is 6.61 Å². The van der Waals surface area contributed by atoms with Crippen molar-refractivity contribution in [1.29, 1.82) is 0 Å². The number of benzene rings is 3. The van der Waals surface area contributed by atoms with Crippen LogP contribution in [0.5, 0.6) is 11.5 Å². The van der Waals surface area contributed by atoms with Crippen molar-refractivity contribution < 1.29 is 14.3 Å². The first kappa shape index (κ1) is 22.3. The van der Waals surface area contributed by atoms with Gasteiger partial charge in [-0.05, 0) is 61.4 Å². The van der Waals surface area contributed by atoms with Crippen LogP contribution in [0.1, 0.15) is 30.5 Å². The summed E-state index contributed by atoms with van der Waals surface area (Å²) in [4.78, 5) is 14.8. The molecule has 0 unspecified atom stereocenters. The van der Waals surface area contributed by atoms with Crippen molar-refractivity contribution in [2.75, 3.05) is 18.1 Å². The molecule has 3 aromatic rings. The second-order valence-corrected chi connectivity index (χ2v) is 8.15. The van der Waals surface area contributed by atoms with Crippen LogP contribution in [-0.2, 0) is 11.4 Å². The molecule has 0 saturated carbocycles. The van der Waals surface area contributed by atoms with E-state index in [1.807, 2.05) is 74.5 Å². The molecule has 0 fully saturated rings. The maximum atomic E-state index is 13.0. The smallest absolute Gasteiger partial charge is 0.258 e. The molecule has 6 heteroatoms. The quantitative estimate of drug-likeness (QED) is 0.355. The minimum atomic E-state index is -0.0224. The van der Waals surface area contributed by atoms with E-state index < -0.39 is 0 Å². The third kappa shape index (κ3) is 4.47. The van der Waals surface area contributed by atoms with Crippen molar-refractivity contribution in [1.82, 2.24) is 0 Å². The Kier molecular flexibility index (Phi) is 6.73. The fourth-order valence-corrected chi connectivity index (χ4v) is 4.14. The van der Waals surface area contributed by atoms with Crippen LogP contribution < -0.4 is 14.4 Å². The van der Waals surface area contributed by atoms with Gasteiger partial charge >= 0.3 is 0 Å². The highest BCUT2D eigenvalue weighted by Gasteiger charge is 2.30. The molecule has 0 bridgehead atoms. The van der Waals surface area contributed by atoms with Gasteiger partial charge in [0.15, 0.2) is 11.5 Å². The van der Waals surface area contributed by atoms with Crippen LogP contribution in [0.4, 0.5) is 5.69 Å². The number of likely N-dealkylation sites (N-methyl/N-ethyl adjacent to an activating group) is 1. The summed E-state index contributed by atoms with van der Waals surface area (Å²) < 4.78 is 11.8. The summed E-state index contributed by atoms with van der Waals surface area (Å²) in [6, 6.07) is 18.9. The molecule has 0 saturated heterocycles. The fraction of sp³-hybridized carbons (Fsp3) is 0.192. The van der Waals surface area contributed by atoms with Crippen LogP contribution in [-0.4, -0.2) is 19.1 Å².